The van der Waals surface area contributed by atoms with E-state index in [1.54, 1.807) is 7.11 Å². The minimum absolute atomic E-state index is 0.0179. The molecule has 1 atom stereocenters. The van der Waals surface area contributed by atoms with Gasteiger partial charge in [0.25, 0.3) is 5.91 Å². The smallest absolute Gasteiger partial charge is 0.303 e. The Bertz CT molecular complexity index is 572. The van der Waals surface area contributed by atoms with Crippen molar-refractivity contribution in [1.82, 2.24) is 4.90 Å². The van der Waals surface area contributed by atoms with Crippen LogP contribution in [0.4, 0.5) is 0 Å². The van der Waals surface area contributed by atoms with E-state index in [0.717, 1.165) is 28.7 Å². The highest BCUT2D eigenvalue weighted by atomic mass is 79.9. The highest BCUT2D eigenvalue weighted by Crippen LogP contribution is 2.40. The maximum atomic E-state index is 12.7. The Hall–Kier alpha value is -1.08. The highest BCUT2D eigenvalue weighted by molar-refractivity contribution is 9.10. The number of halogens is 1. The first-order valence-electron chi connectivity index (χ1n) is 7.28. The summed E-state index contributed by atoms with van der Waals surface area (Å²) in [5, 5.41) is 8.80. The van der Waals surface area contributed by atoms with Crippen molar-refractivity contribution in [3.8, 4) is 5.75 Å². The zero-order chi connectivity index (χ0) is 16.3. The summed E-state index contributed by atoms with van der Waals surface area (Å²) >= 11 is 4.89. The van der Waals surface area contributed by atoms with Crippen LogP contribution in [-0.4, -0.2) is 42.1 Å². The molecule has 122 valence electrons. The summed E-state index contributed by atoms with van der Waals surface area (Å²) in [6, 6.07) is 0. The lowest BCUT2D eigenvalue weighted by Gasteiger charge is -2.32. The molecule has 2 heterocycles. The van der Waals surface area contributed by atoms with E-state index in [1.807, 2.05) is 11.8 Å². The van der Waals surface area contributed by atoms with Gasteiger partial charge in [0.05, 0.1) is 11.6 Å². The lowest BCUT2D eigenvalue weighted by molar-refractivity contribution is -0.137. The first-order chi connectivity index (χ1) is 10.4. The fraction of sp³-hybridized carbons (Fsp3) is 0.600. The molecule has 1 N–H and O–H groups in total. The monoisotopic (exact) mass is 389 g/mol. The Morgan fingerprint density at radius 1 is 1.50 bits per heavy atom. The van der Waals surface area contributed by atoms with Gasteiger partial charge in [-0.05, 0) is 48.0 Å². The minimum Gasteiger partial charge on any atom is -0.494 e. The molecule has 0 aromatic carbocycles. The van der Waals surface area contributed by atoms with E-state index in [9.17, 15) is 9.59 Å². The van der Waals surface area contributed by atoms with E-state index in [0.29, 0.717) is 23.6 Å². The second kappa shape index (κ2) is 7.46. The molecule has 1 aromatic rings. The molecule has 0 aliphatic carbocycles. The molecule has 1 aliphatic heterocycles. The molecule has 1 fully saturated rings. The van der Waals surface area contributed by atoms with Gasteiger partial charge in [0.1, 0.15) is 4.88 Å². The average Bonchev–Trinajstić information content (AvgIpc) is 2.79. The average molecular weight is 390 g/mol. The zero-order valence-corrected chi connectivity index (χ0v) is 15.1. The van der Waals surface area contributed by atoms with Crippen molar-refractivity contribution in [3.05, 3.63) is 14.2 Å². The van der Waals surface area contributed by atoms with Gasteiger partial charge in [0.2, 0.25) is 0 Å². The maximum Gasteiger partial charge on any atom is 0.303 e. The molecular formula is C15H20BrNO4S. The topological polar surface area (TPSA) is 66.8 Å². The van der Waals surface area contributed by atoms with E-state index in [2.05, 4.69) is 15.9 Å². The second-order valence-electron chi connectivity index (χ2n) is 5.53. The number of carboxylic acids is 1. The Kier molecular flexibility index (Phi) is 5.86. The number of piperidine rings is 1. The van der Waals surface area contributed by atoms with E-state index >= 15 is 0 Å². The zero-order valence-electron chi connectivity index (χ0n) is 12.7. The van der Waals surface area contributed by atoms with Crippen LogP contribution in [0.15, 0.2) is 4.47 Å². The van der Waals surface area contributed by atoms with Crippen molar-refractivity contribution >= 4 is 39.1 Å². The number of methoxy groups -OCH3 is 1. The molecule has 1 saturated heterocycles. The fourth-order valence-corrected chi connectivity index (χ4v) is 4.50. The van der Waals surface area contributed by atoms with Crippen molar-refractivity contribution in [2.75, 3.05) is 20.2 Å². The number of carbonyl (C=O) groups excluding carboxylic acids is 1. The summed E-state index contributed by atoms with van der Waals surface area (Å²) in [5.74, 6) is 0.0723. The third kappa shape index (κ3) is 3.81. The third-order valence-electron chi connectivity index (χ3n) is 3.94. The van der Waals surface area contributed by atoms with Gasteiger partial charge in [-0.2, -0.15) is 0 Å². The van der Waals surface area contributed by atoms with E-state index in [4.69, 9.17) is 9.84 Å². The molecule has 0 unspecified atom stereocenters. The van der Waals surface area contributed by atoms with Crippen LogP contribution >= 0.6 is 27.3 Å². The Morgan fingerprint density at radius 3 is 2.86 bits per heavy atom. The third-order valence-corrected chi connectivity index (χ3v) is 6.23. The molecule has 1 aromatic heterocycles. The van der Waals surface area contributed by atoms with Crippen LogP contribution in [0, 0.1) is 12.8 Å². The molecule has 5 nitrogen and oxygen atoms in total. The fourth-order valence-electron chi connectivity index (χ4n) is 2.78. The number of hydrogen-bond acceptors (Lipinski definition) is 4. The lowest BCUT2D eigenvalue weighted by atomic mass is 9.93. The van der Waals surface area contributed by atoms with Crippen LogP contribution in [0.1, 0.15) is 40.2 Å². The molecule has 22 heavy (non-hydrogen) atoms. The van der Waals surface area contributed by atoms with E-state index < -0.39 is 5.97 Å². The maximum absolute atomic E-state index is 12.7. The van der Waals surface area contributed by atoms with E-state index in [1.165, 1.54) is 11.3 Å². The number of amides is 1. The minimum atomic E-state index is -0.775. The number of carboxylic acid groups (broad SMARTS) is 1. The molecular weight excluding hydrogens is 370 g/mol. The summed E-state index contributed by atoms with van der Waals surface area (Å²) in [7, 11) is 1.56. The number of hydrogen-bond donors (Lipinski definition) is 1. The number of likely N-dealkylation sites (tertiary alicyclic amines) is 1. The van der Waals surface area contributed by atoms with Gasteiger partial charge in [-0.1, -0.05) is 0 Å². The molecule has 1 aliphatic rings. The number of nitrogens with zero attached hydrogens (tertiary/aromatic N) is 1. The van der Waals surface area contributed by atoms with Gasteiger partial charge in [0.15, 0.2) is 5.75 Å². The van der Waals surface area contributed by atoms with Crippen LogP contribution in [0.25, 0.3) is 0 Å². The SMILES string of the molecule is COc1c(C(=O)N2CCC[C@@H](CCC(=O)O)C2)sc(C)c1Br. The summed E-state index contributed by atoms with van der Waals surface area (Å²) in [4.78, 5) is 26.9. The molecule has 0 saturated carbocycles. The standard InChI is InChI=1S/C15H20BrNO4S/c1-9-12(16)13(21-2)14(22-9)15(20)17-7-3-4-10(8-17)5-6-11(18)19/h10H,3-8H2,1-2H3,(H,18,19)/t10-/m0/s1. The number of ether oxygens (including phenoxy) is 1. The van der Waals surface area contributed by atoms with Crippen LogP contribution in [0.5, 0.6) is 5.75 Å². The van der Waals surface area contributed by atoms with Crippen LogP contribution in [-0.2, 0) is 4.79 Å². The first kappa shape index (κ1) is 17.3. The van der Waals surface area contributed by atoms with Crippen LogP contribution in [0.3, 0.4) is 0 Å². The molecule has 2 rings (SSSR count). The van der Waals surface area contributed by atoms with Gasteiger partial charge in [-0.25, -0.2) is 0 Å². The van der Waals surface area contributed by atoms with Crippen molar-refractivity contribution in [3.63, 3.8) is 0 Å². The number of aryl methyl sites for hydroxylation is 1. The molecule has 0 bridgehead atoms. The Labute approximate surface area is 142 Å². The Balaban J connectivity index is 2.09. The van der Waals surface area contributed by atoms with Crippen LogP contribution < -0.4 is 4.74 Å². The number of thiophene rings is 1. The predicted octanol–water partition coefficient (Wildman–Crippen LogP) is 3.54. The van der Waals surface area contributed by atoms with Gasteiger partial charge in [-0.3, -0.25) is 9.59 Å². The molecule has 0 radical (unpaired) electrons. The van der Waals surface area contributed by atoms with Crippen molar-refractivity contribution in [1.29, 1.82) is 0 Å². The molecule has 0 spiro atoms. The van der Waals surface area contributed by atoms with E-state index in [-0.39, 0.29) is 18.2 Å². The van der Waals surface area contributed by atoms with Crippen molar-refractivity contribution in [2.24, 2.45) is 5.92 Å². The molecule has 7 heteroatoms. The van der Waals surface area contributed by atoms with Gasteiger partial charge < -0.3 is 14.7 Å². The van der Waals surface area contributed by atoms with Gasteiger partial charge >= 0.3 is 5.97 Å². The largest absolute Gasteiger partial charge is 0.494 e. The summed E-state index contributed by atoms with van der Waals surface area (Å²) in [5.41, 5.74) is 0. The summed E-state index contributed by atoms with van der Waals surface area (Å²) in [6.45, 7) is 3.30. The number of carbonyl (C=O) groups is 2. The molecule has 1 amide bonds. The van der Waals surface area contributed by atoms with Crippen LogP contribution in [0.2, 0.25) is 0 Å². The normalized spacial score (nSPS) is 18.3. The highest BCUT2D eigenvalue weighted by Gasteiger charge is 2.29. The van der Waals surface area contributed by atoms with Gasteiger partial charge in [0, 0.05) is 24.4 Å². The first-order valence-corrected chi connectivity index (χ1v) is 8.89. The number of rotatable bonds is 5. The quantitative estimate of drug-likeness (QED) is 0.835. The summed E-state index contributed by atoms with van der Waals surface area (Å²) < 4.78 is 6.19. The summed E-state index contributed by atoms with van der Waals surface area (Å²) in [6.07, 6.45) is 2.70. The van der Waals surface area contributed by atoms with Crippen molar-refractivity contribution < 1.29 is 19.4 Å². The Morgan fingerprint density at radius 2 is 2.23 bits per heavy atom. The van der Waals surface area contributed by atoms with Gasteiger partial charge in [-0.15, -0.1) is 11.3 Å². The number of aliphatic carboxylic acids is 1. The second-order valence-corrected chi connectivity index (χ2v) is 7.54. The lowest BCUT2D eigenvalue weighted by Crippen LogP contribution is -2.39. The van der Waals surface area contributed by atoms with Crippen molar-refractivity contribution in [2.45, 2.75) is 32.6 Å². The predicted molar refractivity (Wildman–Crippen MR) is 88.8 cm³/mol.